The summed E-state index contributed by atoms with van der Waals surface area (Å²) in [6.45, 7) is 2.97. The van der Waals surface area contributed by atoms with E-state index < -0.39 is 0 Å². The molecule has 0 aliphatic carbocycles. The maximum atomic E-state index is 12.0. The van der Waals surface area contributed by atoms with Crippen LogP contribution in [0.3, 0.4) is 0 Å². The normalized spacial score (nSPS) is 20.6. The van der Waals surface area contributed by atoms with Gasteiger partial charge in [0.15, 0.2) is 0 Å². The van der Waals surface area contributed by atoms with Crippen LogP contribution in [0.2, 0.25) is 0 Å². The monoisotopic (exact) mass is 258 g/mol. The molecule has 0 radical (unpaired) electrons. The molecule has 0 saturated carbocycles. The summed E-state index contributed by atoms with van der Waals surface area (Å²) in [6, 6.07) is -0.290. The summed E-state index contributed by atoms with van der Waals surface area (Å²) in [6.07, 6.45) is 5.82. The third-order valence-corrected chi connectivity index (χ3v) is 3.58. The summed E-state index contributed by atoms with van der Waals surface area (Å²) in [5.41, 5.74) is 0. The van der Waals surface area contributed by atoms with Crippen molar-refractivity contribution in [1.29, 1.82) is 0 Å². The molecule has 1 rings (SSSR count). The number of carbonyl (C=O) groups excluding carboxylic acids is 2. The second kappa shape index (κ2) is 7.58. The van der Waals surface area contributed by atoms with E-state index in [1.165, 1.54) is 0 Å². The lowest BCUT2D eigenvalue weighted by Crippen LogP contribution is -2.58. The van der Waals surface area contributed by atoms with Crippen LogP contribution in [0.15, 0.2) is 0 Å². The van der Waals surface area contributed by atoms with Gasteiger partial charge in [-0.25, -0.2) is 0 Å². The zero-order valence-electron chi connectivity index (χ0n) is 10.7. The van der Waals surface area contributed by atoms with Gasteiger partial charge in [-0.05, 0) is 31.3 Å². The van der Waals surface area contributed by atoms with Crippen molar-refractivity contribution < 1.29 is 9.59 Å². The van der Waals surface area contributed by atoms with E-state index in [0.717, 1.165) is 31.4 Å². The maximum absolute atomic E-state index is 12.0. The molecule has 1 unspecified atom stereocenters. The quantitative estimate of drug-likeness (QED) is 0.699. The van der Waals surface area contributed by atoms with Crippen LogP contribution in [0.4, 0.5) is 0 Å². The molecule has 1 aliphatic heterocycles. The van der Waals surface area contributed by atoms with E-state index in [9.17, 15) is 9.59 Å². The molecule has 1 fully saturated rings. The molecule has 4 nitrogen and oxygen atoms in total. The fourth-order valence-corrected chi connectivity index (χ4v) is 2.49. The molecule has 0 aromatic heterocycles. The number of amides is 2. The van der Waals surface area contributed by atoms with Gasteiger partial charge in [-0.3, -0.25) is 9.59 Å². The fraction of sp³-hybridized carbons (Fsp3) is 0.833. The van der Waals surface area contributed by atoms with E-state index in [1.807, 2.05) is 18.7 Å². The number of hydrogen-bond donors (Lipinski definition) is 1. The molecular weight excluding hydrogens is 236 g/mol. The van der Waals surface area contributed by atoms with Gasteiger partial charge in [0.05, 0.1) is 6.54 Å². The summed E-state index contributed by atoms with van der Waals surface area (Å²) in [5, 5.41) is 2.76. The van der Waals surface area contributed by atoms with Crippen molar-refractivity contribution in [3.05, 3.63) is 0 Å². The Morgan fingerprint density at radius 3 is 2.82 bits per heavy atom. The number of nitrogens with zero attached hydrogens (tertiary/aromatic N) is 1. The van der Waals surface area contributed by atoms with E-state index in [4.69, 9.17) is 0 Å². The van der Waals surface area contributed by atoms with E-state index in [2.05, 4.69) is 11.6 Å². The van der Waals surface area contributed by atoms with Gasteiger partial charge in [0.25, 0.3) is 0 Å². The predicted octanol–water partition coefficient (Wildman–Crippen LogP) is 1.26. The largest absolute Gasteiger partial charge is 0.343 e. The first-order chi connectivity index (χ1) is 8.19. The van der Waals surface area contributed by atoms with E-state index >= 15 is 0 Å². The first kappa shape index (κ1) is 14.4. The van der Waals surface area contributed by atoms with Crippen LogP contribution in [-0.2, 0) is 9.59 Å². The molecule has 1 N–H and O–H groups in total. The SMILES string of the molecule is CCCC1NC(=O)CN(CCCCSC)C1=O. The highest BCUT2D eigenvalue weighted by molar-refractivity contribution is 7.98. The van der Waals surface area contributed by atoms with Gasteiger partial charge >= 0.3 is 0 Å². The lowest BCUT2D eigenvalue weighted by molar-refractivity contribution is -0.144. The van der Waals surface area contributed by atoms with Gasteiger partial charge in [-0.1, -0.05) is 13.3 Å². The first-order valence-electron chi connectivity index (χ1n) is 6.26. The molecule has 5 heteroatoms. The van der Waals surface area contributed by atoms with Crippen LogP contribution in [0.5, 0.6) is 0 Å². The van der Waals surface area contributed by atoms with Crippen LogP contribution in [0.1, 0.15) is 32.6 Å². The number of unbranched alkanes of at least 4 members (excludes halogenated alkanes) is 1. The number of hydrogen-bond acceptors (Lipinski definition) is 3. The molecule has 0 bridgehead atoms. The average Bonchev–Trinajstić information content (AvgIpc) is 2.30. The number of piperazine rings is 1. The molecule has 1 heterocycles. The molecule has 1 saturated heterocycles. The van der Waals surface area contributed by atoms with Gasteiger partial charge in [-0.2, -0.15) is 11.8 Å². The van der Waals surface area contributed by atoms with Gasteiger partial charge in [0.1, 0.15) is 6.04 Å². The fourth-order valence-electron chi connectivity index (χ4n) is 2.00. The van der Waals surface area contributed by atoms with Gasteiger partial charge in [0.2, 0.25) is 11.8 Å². The van der Waals surface area contributed by atoms with Crippen molar-refractivity contribution in [2.45, 2.75) is 38.6 Å². The summed E-state index contributed by atoms with van der Waals surface area (Å²) < 4.78 is 0. The van der Waals surface area contributed by atoms with E-state index in [-0.39, 0.29) is 24.4 Å². The standard InChI is InChI=1S/C12H22N2O2S/c1-3-6-10-12(16)14(9-11(15)13-10)7-4-5-8-17-2/h10H,3-9H2,1-2H3,(H,13,15). The Morgan fingerprint density at radius 2 is 2.18 bits per heavy atom. The first-order valence-corrected chi connectivity index (χ1v) is 7.65. The van der Waals surface area contributed by atoms with Crippen molar-refractivity contribution in [2.75, 3.05) is 25.1 Å². The highest BCUT2D eigenvalue weighted by Gasteiger charge is 2.31. The van der Waals surface area contributed by atoms with Crippen molar-refractivity contribution >= 4 is 23.6 Å². The van der Waals surface area contributed by atoms with Crippen LogP contribution in [0, 0.1) is 0 Å². The van der Waals surface area contributed by atoms with Crippen LogP contribution in [0.25, 0.3) is 0 Å². The van der Waals surface area contributed by atoms with E-state index in [0.29, 0.717) is 6.54 Å². The number of nitrogens with one attached hydrogen (secondary N) is 1. The minimum absolute atomic E-state index is 0.0204. The van der Waals surface area contributed by atoms with Crippen LogP contribution >= 0.6 is 11.8 Å². The Labute approximate surface area is 108 Å². The minimum atomic E-state index is -0.290. The minimum Gasteiger partial charge on any atom is -0.343 e. The lowest BCUT2D eigenvalue weighted by atomic mass is 10.1. The summed E-state index contributed by atoms with van der Waals surface area (Å²) in [7, 11) is 0. The highest BCUT2D eigenvalue weighted by atomic mass is 32.2. The molecule has 17 heavy (non-hydrogen) atoms. The third-order valence-electron chi connectivity index (χ3n) is 2.88. The topological polar surface area (TPSA) is 49.4 Å². The summed E-state index contributed by atoms with van der Waals surface area (Å²) in [5.74, 6) is 1.19. The molecule has 0 spiro atoms. The lowest BCUT2D eigenvalue weighted by Gasteiger charge is -2.32. The van der Waals surface area contributed by atoms with Crippen molar-refractivity contribution in [3.63, 3.8) is 0 Å². The molecule has 0 aromatic carbocycles. The second-order valence-corrected chi connectivity index (χ2v) is 5.35. The Morgan fingerprint density at radius 1 is 1.41 bits per heavy atom. The number of rotatable bonds is 7. The van der Waals surface area contributed by atoms with Gasteiger partial charge < -0.3 is 10.2 Å². The Kier molecular flexibility index (Phi) is 6.40. The van der Waals surface area contributed by atoms with Gasteiger partial charge in [-0.15, -0.1) is 0 Å². The molecule has 1 atom stereocenters. The maximum Gasteiger partial charge on any atom is 0.245 e. The molecular formula is C12H22N2O2S. The average molecular weight is 258 g/mol. The molecule has 0 aromatic rings. The number of carbonyl (C=O) groups is 2. The van der Waals surface area contributed by atoms with Crippen LogP contribution in [-0.4, -0.2) is 47.9 Å². The van der Waals surface area contributed by atoms with Crippen molar-refractivity contribution in [3.8, 4) is 0 Å². The number of thioether (sulfide) groups is 1. The third kappa shape index (κ3) is 4.58. The van der Waals surface area contributed by atoms with E-state index in [1.54, 1.807) is 4.90 Å². The van der Waals surface area contributed by atoms with Gasteiger partial charge in [0, 0.05) is 6.54 Å². The Balaban J connectivity index is 2.41. The zero-order valence-corrected chi connectivity index (χ0v) is 11.5. The molecule has 2 amide bonds. The second-order valence-electron chi connectivity index (χ2n) is 4.37. The predicted molar refractivity (Wildman–Crippen MR) is 71.0 cm³/mol. The Bertz CT molecular complexity index is 271. The van der Waals surface area contributed by atoms with Crippen molar-refractivity contribution in [1.82, 2.24) is 10.2 Å². The molecule has 1 aliphatic rings. The smallest absolute Gasteiger partial charge is 0.245 e. The highest BCUT2D eigenvalue weighted by Crippen LogP contribution is 2.09. The Hall–Kier alpha value is -0.710. The zero-order chi connectivity index (χ0) is 12.7. The van der Waals surface area contributed by atoms with Crippen LogP contribution < -0.4 is 5.32 Å². The summed E-state index contributed by atoms with van der Waals surface area (Å²) >= 11 is 1.82. The van der Waals surface area contributed by atoms with Crippen molar-refractivity contribution in [2.24, 2.45) is 0 Å². The molecule has 98 valence electrons. The summed E-state index contributed by atoms with van der Waals surface area (Å²) in [4.78, 5) is 25.2.